The van der Waals surface area contributed by atoms with Gasteiger partial charge in [0.2, 0.25) is 5.91 Å². The quantitative estimate of drug-likeness (QED) is 0.695. The lowest BCUT2D eigenvalue weighted by Crippen LogP contribution is -2.33. The normalized spacial score (nSPS) is 18.4. The van der Waals surface area contributed by atoms with E-state index in [1.165, 1.54) is 0 Å². The fraction of sp³-hybridized carbons (Fsp3) is 0.556. The Morgan fingerprint density at radius 1 is 1.32 bits per heavy atom. The SMILES string of the molecule is CCOC(=O)c1ccc(NC(=O)C(CO)COC2CCCCO2)cc1. The molecule has 2 atom stereocenters. The Morgan fingerprint density at radius 2 is 2.08 bits per heavy atom. The van der Waals surface area contributed by atoms with Crippen molar-refractivity contribution < 1.29 is 28.9 Å². The predicted molar refractivity (Wildman–Crippen MR) is 91.1 cm³/mol. The molecule has 1 heterocycles. The molecule has 25 heavy (non-hydrogen) atoms. The van der Waals surface area contributed by atoms with E-state index >= 15 is 0 Å². The summed E-state index contributed by atoms with van der Waals surface area (Å²) >= 11 is 0. The number of esters is 1. The van der Waals surface area contributed by atoms with Crippen molar-refractivity contribution >= 4 is 17.6 Å². The molecule has 1 fully saturated rings. The van der Waals surface area contributed by atoms with Gasteiger partial charge in [0, 0.05) is 12.3 Å². The molecule has 1 saturated heterocycles. The standard InChI is InChI=1S/C18H25NO6/c1-2-23-18(22)13-6-8-15(9-7-13)19-17(21)14(11-20)12-25-16-5-3-4-10-24-16/h6-9,14,16,20H,2-5,10-12H2,1H3,(H,19,21). The number of benzene rings is 1. The molecule has 1 aliphatic heterocycles. The number of ether oxygens (including phenoxy) is 3. The molecule has 1 amide bonds. The third-order valence-electron chi connectivity index (χ3n) is 3.88. The van der Waals surface area contributed by atoms with Crippen LogP contribution in [0, 0.1) is 5.92 Å². The van der Waals surface area contributed by atoms with E-state index in [2.05, 4.69) is 5.32 Å². The molecule has 2 rings (SSSR count). The Balaban J connectivity index is 1.84. The molecule has 0 spiro atoms. The van der Waals surface area contributed by atoms with Crippen LogP contribution in [0.3, 0.4) is 0 Å². The van der Waals surface area contributed by atoms with E-state index in [-0.39, 0.29) is 25.4 Å². The minimum Gasteiger partial charge on any atom is -0.462 e. The molecular weight excluding hydrogens is 326 g/mol. The minimum atomic E-state index is -0.685. The maximum atomic E-state index is 12.3. The summed E-state index contributed by atoms with van der Waals surface area (Å²) in [5, 5.41) is 12.1. The number of carbonyl (C=O) groups excluding carboxylic acids is 2. The lowest BCUT2D eigenvalue weighted by Gasteiger charge is -2.24. The van der Waals surface area contributed by atoms with Crippen LogP contribution < -0.4 is 5.32 Å². The highest BCUT2D eigenvalue weighted by atomic mass is 16.7. The number of hydrogen-bond donors (Lipinski definition) is 2. The van der Waals surface area contributed by atoms with Crippen molar-refractivity contribution in [1.29, 1.82) is 0 Å². The lowest BCUT2D eigenvalue weighted by atomic mass is 10.1. The Hall–Kier alpha value is -1.96. The van der Waals surface area contributed by atoms with Gasteiger partial charge in [-0.2, -0.15) is 0 Å². The maximum Gasteiger partial charge on any atom is 0.338 e. The van der Waals surface area contributed by atoms with Gasteiger partial charge in [0.25, 0.3) is 0 Å². The molecule has 7 nitrogen and oxygen atoms in total. The van der Waals surface area contributed by atoms with E-state index in [1.54, 1.807) is 31.2 Å². The van der Waals surface area contributed by atoms with Gasteiger partial charge in [-0.25, -0.2) is 4.79 Å². The number of aliphatic hydroxyl groups is 1. The summed E-state index contributed by atoms with van der Waals surface area (Å²) < 4.78 is 15.9. The van der Waals surface area contributed by atoms with E-state index in [4.69, 9.17) is 14.2 Å². The molecule has 0 bridgehead atoms. The van der Waals surface area contributed by atoms with Crippen LogP contribution in [-0.2, 0) is 19.0 Å². The first kappa shape index (κ1) is 19.4. The molecule has 7 heteroatoms. The van der Waals surface area contributed by atoms with Crippen LogP contribution in [0.1, 0.15) is 36.5 Å². The van der Waals surface area contributed by atoms with Crippen molar-refractivity contribution in [3.05, 3.63) is 29.8 Å². The Labute approximate surface area is 147 Å². The van der Waals surface area contributed by atoms with Gasteiger partial charge in [-0.15, -0.1) is 0 Å². The first-order valence-electron chi connectivity index (χ1n) is 8.56. The Bertz CT molecular complexity index is 553. The van der Waals surface area contributed by atoms with Crippen molar-refractivity contribution in [1.82, 2.24) is 0 Å². The van der Waals surface area contributed by atoms with Crippen LogP contribution in [0.4, 0.5) is 5.69 Å². The number of anilines is 1. The average Bonchev–Trinajstić information content (AvgIpc) is 2.64. The number of hydrogen-bond acceptors (Lipinski definition) is 6. The van der Waals surface area contributed by atoms with Gasteiger partial charge in [-0.05, 0) is 50.5 Å². The smallest absolute Gasteiger partial charge is 0.338 e. The van der Waals surface area contributed by atoms with Crippen LogP contribution in [0.25, 0.3) is 0 Å². The first-order valence-corrected chi connectivity index (χ1v) is 8.56. The van der Waals surface area contributed by atoms with Gasteiger partial charge < -0.3 is 24.6 Å². The van der Waals surface area contributed by atoms with Crippen molar-refractivity contribution in [2.45, 2.75) is 32.5 Å². The number of nitrogens with one attached hydrogen (secondary N) is 1. The van der Waals surface area contributed by atoms with Crippen molar-refractivity contribution in [3.63, 3.8) is 0 Å². The molecular formula is C18H25NO6. The summed E-state index contributed by atoms with van der Waals surface area (Å²) in [7, 11) is 0. The molecule has 0 radical (unpaired) electrons. The number of rotatable bonds is 8. The third kappa shape index (κ3) is 6.12. The molecule has 1 aliphatic rings. The highest BCUT2D eigenvalue weighted by molar-refractivity contribution is 5.94. The summed E-state index contributed by atoms with van der Waals surface area (Å²) in [5.74, 6) is -1.44. The first-order chi connectivity index (χ1) is 12.1. The Morgan fingerprint density at radius 3 is 2.68 bits per heavy atom. The molecule has 2 N–H and O–H groups in total. The maximum absolute atomic E-state index is 12.3. The van der Waals surface area contributed by atoms with E-state index in [9.17, 15) is 14.7 Å². The zero-order valence-electron chi connectivity index (χ0n) is 14.4. The average molecular weight is 351 g/mol. The summed E-state index contributed by atoms with van der Waals surface area (Å²) in [6, 6.07) is 6.38. The number of carbonyl (C=O) groups is 2. The summed E-state index contributed by atoms with van der Waals surface area (Å²) in [6.07, 6.45) is 2.55. The van der Waals surface area contributed by atoms with Crippen LogP contribution in [0.5, 0.6) is 0 Å². The highest BCUT2D eigenvalue weighted by Gasteiger charge is 2.22. The second-order valence-corrected chi connectivity index (χ2v) is 5.80. The highest BCUT2D eigenvalue weighted by Crippen LogP contribution is 2.16. The van der Waals surface area contributed by atoms with Crippen LogP contribution in [0.2, 0.25) is 0 Å². The lowest BCUT2D eigenvalue weighted by molar-refractivity contribution is -0.172. The van der Waals surface area contributed by atoms with Crippen LogP contribution >= 0.6 is 0 Å². The summed E-state index contributed by atoms with van der Waals surface area (Å²) in [5.41, 5.74) is 0.946. The van der Waals surface area contributed by atoms with Gasteiger partial charge in [-0.3, -0.25) is 4.79 Å². The second kappa shape index (κ2) is 10.1. The number of amides is 1. The van der Waals surface area contributed by atoms with Gasteiger partial charge in [0.15, 0.2) is 6.29 Å². The fourth-order valence-corrected chi connectivity index (χ4v) is 2.43. The topological polar surface area (TPSA) is 94.1 Å². The number of aliphatic hydroxyl groups excluding tert-OH is 1. The van der Waals surface area contributed by atoms with Crippen molar-refractivity contribution in [2.24, 2.45) is 5.92 Å². The van der Waals surface area contributed by atoms with E-state index in [0.717, 1.165) is 19.3 Å². The van der Waals surface area contributed by atoms with Gasteiger partial charge >= 0.3 is 5.97 Å². The fourth-order valence-electron chi connectivity index (χ4n) is 2.43. The van der Waals surface area contributed by atoms with Gasteiger partial charge in [0.1, 0.15) is 0 Å². The van der Waals surface area contributed by atoms with Gasteiger partial charge in [-0.1, -0.05) is 0 Å². The summed E-state index contributed by atoms with van der Waals surface area (Å²) in [4.78, 5) is 23.9. The zero-order valence-corrected chi connectivity index (χ0v) is 14.4. The molecule has 138 valence electrons. The van der Waals surface area contributed by atoms with Crippen LogP contribution in [-0.4, -0.2) is 49.7 Å². The predicted octanol–water partition coefficient (Wildman–Crippen LogP) is 1.95. The largest absolute Gasteiger partial charge is 0.462 e. The zero-order chi connectivity index (χ0) is 18.1. The van der Waals surface area contributed by atoms with E-state index in [1.807, 2.05) is 0 Å². The van der Waals surface area contributed by atoms with E-state index in [0.29, 0.717) is 24.5 Å². The molecule has 1 aromatic carbocycles. The Kier molecular flexibility index (Phi) is 7.84. The molecule has 0 aliphatic carbocycles. The monoisotopic (exact) mass is 351 g/mol. The molecule has 0 aromatic heterocycles. The summed E-state index contributed by atoms with van der Waals surface area (Å²) in [6.45, 7) is 2.48. The van der Waals surface area contributed by atoms with Crippen molar-refractivity contribution in [3.8, 4) is 0 Å². The van der Waals surface area contributed by atoms with Crippen LogP contribution in [0.15, 0.2) is 24.3 Å². The van der Waals surface area contributed by atoms with Gasteiger partial charge in [0.05, 0.1) is 31.3 Å². The minimum absolute atomic E-state index is 0.0912. The second-order valence-electron chi connectivity index (χ2n) is 5.80. The van der Waals surface area contributed by atoms with Crippen molar-refractivity contribution in [2.75, 3.05) is 31.7 Å². The molecule has 2 unspecified atom stereocenters. The molecule has 1 aromatic rings. The molecule has 0 saturated carbocycles. The third-order valence-corrected chi connectivity index (χ3v) is 3.88. The van der Waals surface area contributed by atoms with E-state index < -0.39 is 11.9 Å².